The fourth-order valence-electron chi connectivity index (χ4n) is 4.02. The number of aromatic nitrogens is 1. The van der Waals surface area contributed by atoms with Gasteiger partial charge in [0.2, 0.25) is 10.0 Å². The molecule has 1 aromatic heterocycles. The SMILES string of the molecule is COCCN(C)c1cncc(C2Oc3cccc(OC)c3-c3ccc(CS(N)(=O)=O)cc32)c1. The van der Waals surface area contributed by atoms with Crippen molar-refractivity contribution in [1.82, 2.24) is 4.98 Å². The smallest absolute Gasteiger partial charge is 0.213 e. The number of benzene rings is 2. The van der Waals surface area contributed by atoms with Crippen LogP contribution in [-0.4, -0.2) is 47.8 Å². The Hall–Kier alpha value is -3.14. The molecular weight excluding hydrogens is 442 g/mol. The van der Waals surface area contributed by atoms with Gasteiger partial charge in [-0.3, -0.25) is 4.98 Å². The molecule has 1 unspecified atom stereocenters. The Balaban J connectivity index is 1.83. The van der Waals surface area contributed by atoms with Crippen LogP contribution >= 0.6 is 0 Å². The molecule has 0 aliphatic carbocycles. The second-order valence-electron chi connectivity index (χ2n) is 7.95. The van der Waals surface area contributed by atoms with Gasteiger partial charge in [0.15, 0.2) is 6.10 Å². The average molecular weight is 470 g/mol. The van der Waals surface area contributed by atoms with Crippen LogP contribution in [0.2, 0.25) is 0 Å². The van der Waals surface area contributed by atoms with E-state index in [1.807, 2.05) is 43.4 Å². The van der Waals surface area contributed by atoms with Gasteiger partial charge in [0.1, 0.15) is 11.5 Å². The fourth-order valence-corrected chi connectivity index (χ4v) is 4.66. The Kier molecular flexibility index (Phi) is 6.55. The lowest BCUT2D eigenvalue weighted by Gasteiger charge is -2.31. The number of primary sulfonamides is 1. The first kappa shape index (κ1) is 23.0. The largest absolute Gasteiger partial charge is 0.496 e. The number of nitrogens with zero attached hydrogens (tertiary/aromatic N) is 2. The van der Waals surface area contributed by atoms with Gasteiger partial charge in [-0.25, -0.2) is 13.6 Å². The zero-order chi connectivity index (χ0) is 23.6. The van der Waals surface area contributed by atoms with E-state index in [0.717, 1.165) is 27.9 Å². The topological polar surface area (TPSA) is 104 Å². The van der Waals surface area contributed by atoms with E-state index in [1.54, 1.807) is 32.7 Å². The summed E-state index contributed by atoms with van der Waals surface area (Å²) >= 11 is 0. The molecule has 0 saturated heterocycles. The third kappa shape index (κ3) is 4.95. The number of rotatable bonds is 8. The van der Waals surface area contributed by atoms with Crippen molar-refractivity contribution in [3.8, 4) is 22.6 Å². The lowest BCUT2D eigenvalue weighted by molar-refractivity contribution is 0.206. The second-order valence-corrected chi connectivity index (χ2v) is 9.57. The highest BCUT2D eigenvalue weighted by Crippen LogP contribution is 2.49. The maximum absolute atomic E-state index is 11.7. The van der Waals surface area contributed by atoms with Crippen molar-refractivity contribution < 1.29 is 22.6 Å². The summed E-state index contributed by atoms with van der Waals surface area (Å²) in [5.74, 6) is 1.10. The number of pyridine rings is 1. The lowest BCUT2D eigenvalue weighted by Crippen LogP contribution is -2.23. The van der Waals surface area contributed by atoms with Crippen LogP contribution in [0.5, 0.6) is 11.5 Å². The van der Waals surface area contributed by atoms with E-state index in [0.29, 0.717) is 30.2 Å². The predicted octanol–water partition coefficient (Wildman–Crippen LogP) is 3.11. The van der Waals surface area contributed by atoms with E-state index in [9.17, 15) is 8.42 Å². The van der Waals surface area contributed by atoms with Crippen LogP contribution < -0.4 is 19.5 Å². The number of methoxy groups -OCH3 is 2. The number of fused-ring (bicyclic) bond motifs is 3. The van der Waals surface area contributed by atoms with E-state index >= 15 is 0 Å². The van der Waals surface area contributed by atoms with Gasteiger partial charge in [0.25, 0.3) is 0 Å². The molecule has 1 aliphatic rings. The predicted molar refractivity (Wildman–Crippen MR) is 127 cm³/mol. The quantitative estimate of drug-likeness (QED) is 0.541. The normalized spacial score (nSPS) is 14.7. The Morgan fingerprint density at radius 3 is 2.70 bits per heavy atom. The fraction of sp³-hybridized carbons (Fsp3) is 0.292. The average Bonchev–Trinajstić information content (AvgIpc) is 2.80. The number of ether oxygens (including phenoxy) is 3. The molecule has 3 aromatic rings. The van der Waals surface area contributed by atoms with Gasteiger partial charge < -0.3 is 19.1 Å². The highest BCUT2D eigenvalue weighted by Gasteiger charge is 2.30. The number of nitrogens with two attached hydrogens (primary N) is 1. The Morgan fingerprint density at radius 1 is 1.15 bits per heavy atom. The lowest BCUT2D eigenvalue weighted by atomic mass is 9.88. The molecule has 4 rings (SSSR count). The minimum absolute atomic E-state index is 0.260. The minimum atomic E-state index is -3.68. The van der Waals surface area contributed by atoms with Crippen LogP contribution in [-0.2, 0) is 20.5 Å². The second kappa shape index (κ2) is 9.38. The van der Waals surface area contributed by atoms with Crippen molar-refractivity contribution >= 4 is 15.7 Å². The molecule has 9 heteroatoms. The first-order valence-corrected chi connectivity index (χ1v) is 12.1. The van der Waals surface area contributed by atoms with Gasteiger partial charge in [-0.05, 0) is 29.3 Å². The highest BCUT2D eigenvalue weighted by atomic mass is 32.2. The monoisotopic (exact) mass is 469 g/mol. The number of anilines is 1. The number of sulfonamides is 1. The van der Waals surface area contributed by atoms with Crippen molar-refractivity contribution in [3.63, 3.8) is 0 Å². The van der Waals surface area contributed by atoms with Crippen LogP contribution in [0.1, 0.15) is 22.8 Å². The summed E-state index contributed by atoms with van der Waals surface area (Å²) in [6.07, 6.45) is 3.07. The Bertz CT molecular complexity index is 1260. The third-order valence-corrected chi connectivity index (χ3v) is 6.34. The molecule has 2 N–H and O–H groups in total. The number of hydrogen-bond donors (Lipinski definition) is 1. The number of hydrogen-bond acceptors (Lipinski definition) is 7. The summed E-state index contributed by atoms with van der Waals surface area (Å²) in [6, 6.07) is 13.2. The molecule has 0 bridgehead atoms. The Morgan fingerprint density at radius 2 is 1.97 bits per heavy atom. The molecule has 174 valence electrons. The van der Waals surface area contributed by atoms with Crippen LogP contribution in [0.3, 0.4) is 0 Å². The molecule has 2 heterocycles. The van der Waals surface area contributed by atoms with Crippen LogP contribution in [0.25, 0.3) is 11.1 Å². The molecular formula is C24H27N3O5S. The summed E-state index contributed by atoms with van der Waals surface area (Å²) in [4.78, 5) is 6.48. The van der Waals surface area contributed by atoms with Crippen LogP contribution in [0, 0.1) is 0 Å². The molecule has 8 nitrogen and oxygen atoms in total. The van der Waals surface area contributed by atoms with Crippen molar-refractivity contribution in [2.45, 2.75) is 11.9 Å². The van der Waals surface area contributed by atoms with Gasteiger partial charge in [-0.1, -0.05) is 24.3 Å². The maximum atomic E-state index is 11.7. The van der Waals surface area contributed by atoms with Gasteiger partial charge in [0, 0.05) is 38.0 Å². The summed E-state index contributed by atoms with van der Waals surface area (Å²) in [5.41, 5.74) is 4.92. The van der Waals surface area contributed by atoms with Crippen molar-refractivity contribution in [2.75, 3.05) is 39.3 Å². The van der Waals surface area contributed by atoms with Crippen molar-refractivity contribution in [2.24, 2.45) is 5.14 Å². The summed E-state index contributed by atoms with van der Waals surface area (Å²) in [7, 11) is 1.57. The molecule has 2 aromatic carbocycles. The van der Waals surface area contributed by atoms with Gasteiger partial charge in [-0.2, -0.15) is 0 Å². The third-order valence-electron chi connectivity index (χ3n) is 5.61. The van der Waals surface area contributed by atoms with E-state index in [2.05, 4.69) is 9.88 Å². The highest BCUT2D eigenvalue weighted by molar-refractivity contribution is 7.88. The zero-order valence-electron chi connectivity index (χ0n) is 18.8. The standard InChI is InChI=1S/C24H27N3O5S/c1-27(9-10-30-2)18-12-17(13-26-14-18)24-20-11-16(15-33(25,28)29)7-8-19(20)23-21(31-3)5-4-6-22(23)32-24/h4-8,11-14,24H,9-10,15H2,1-3H3,(H2,25,28,29). The summed E-state index contributed by atoms with van der Waals surface area (Å²) in [6.45, 7) is 1.30. The molecule has 0 radical (unpaired) electrons. The van der Waals surface area contributed by atoms with Gasteiger partial charge >= 0.3 is 0 Å². The summed E-state index contributed by atoms with van der Waals surface area (Å²) in [5, 5.41) is 5.30. The van der Waals surface area contributed by atoms with Crippen LogP contribution in [0.15, 0.2) is 54.9 Å². The van der Waals surface area contributed by atoms with E-state index in [1.165, 1.54) is 0 Å². The van der Waals surface area contributed by atoms with Crippen molar-refractivity contribution in [3.05, 3.63) is 71.5 Å². The molecule has 33 heavy (non-hydrogen) atoms. The first-order valence-electron chi connectivity index (χ1n) is 10.4. The molecule has 0 fully saturated rings. The molecule has 1 atom stereocenters. The maximum Gasteiger partial charge on any atom is 0.213 e. The summed E-state index contributed by atoms with van der Waals surface area (Å²) < 4.78 is 40.7. The molecule has 1 aliphatic heterocycles. The number of likely N-dealkylation sites (N-methyl/N-ethyl adjacent to an activating group) is 1. The minimum Gasteiger partial charge on any atom is -0.496 e. The molecule has 0 spiro atoms. The van der Waals surface area contributed by atoms with E-state index < -0.39 is 16.1 Å². The Labute approximate surface area is 194 Å². The molecule has 0 amide bonds. The van der Waals surface area contributed by atoms with Crippen molar-refractivity contribution in [1.29, 1.82) is 0 Å². The van der Waals surface area contributed by atoms with Crippen LogP contribution in [0.4, 0.5) is 5.69 Å². The van der Waals surface area contributed by atoms with E-state index in [4.69, 9.17) is 19.3 Å². The van der Waals surface area contributed by atoms with E-state index in [-0.39, 0.29) is 5.75 Å². The zero-order valence-corrected chi connectivity index (χ0v) is 19.6. The first-order chi connectivity index (χ1) is 15.8. The molecule has 0 saturated carbocycles. The van der Waals surface area contributed by atoms with Gasteiger partial charge in [-0.15, -0.1) is 0 Å². The van der Waals surface area contributed by atoms with Gasteiger partial charge in [0.05, 0.1) is 36.9 Å².